The number of nitrogens with zero attached hydrogens (tertiary/aromatic N) is 4. The van der Waals surface area contributed by atoms with E-state index in [2.05, 4.69) is 62.5 Å². The maximum atomic E-state index is 6.08. The van der Waals surface area contributed by atoms with E-state index in [0.29, 0.717) is 5.15 Å². The molecule has 0 aliphatic heterocycles. The van der Waals surface area contributed by atoms with Crippen LogP contribution in [0, 0.1) is 0 Å². The average Bonchev–Trinajstić information content (AvgIpc) is 2.79. The van der Waals surface area contributed by atoms with Gasteiger partial charge in [0, 0.05) is 23.5 Å². The van der Waals surface area contributed by atoms with Crippen LogP contribution in [0.15, 0.2) is 96.5 Å². The largest absolute Gasteiger partial charge is 0.327 e. The molecule has 0 bridgehead atoms. The van der Waals surface area contributed by atoms with Crippen LogP contribution in [-0.2, 0) is 0 Å². The molecule has 1 aromatic carbocycles. The highest BCUT2D eigenvalue weighted by molar-refractivity contribution is 7.98. The van der Waals surface area contributed by atoms with Gasteiger partial charge < -0.3 is 4.90 Å². The number of rotatable bonds is 6. The Kier molecular flexibility index (Phi) is 6.08. The first-order chi connectivity index (χ1) is 14.3. The van der Waals surface area contributed by atoms with E-state index >= 15 is 0 Å². The maximum absolute atomic E-state index is 6.08. The van der Waals surface area contributed by atoms with Crippen LogP contribution in [0.3, 0.4) is 0 Å². The van der Waals surface area contributed by atoms with Crippen molar-refractivity contribution >= 4 is 34.7 Å². The van der Waals surface area contributed by atoms with E-state index in [0.717, 1.165) is 22.5 Å². The number of hydrogen-bond acceptors (Lipinski definition) is 5. The van der Waals surface area contributed by atoms with E-state index < -0.39 is 0 Å². The molecule has 0 N–H and O–H groups in total. The fraction of sp³-hybridized carbons (Fsp3) is 0.0870. The van der Waals surface area contributed by atoms with Gasteiger partial charge in [-0.05, 0) is 59.8 Å². The predicted octanol–water partition coefficient (Wildman–Crippen LogP) is 6.17. The summed E-state index contributed by atoms with van der Waals surface area (Å²) in [4.78, 5) is 16.5. The van der Waals surface area contributed by atoms with Crippen molar-refractivity contribution in [3.05, 3.63) is 108 Å². The Bertz CT molecular complexity index is 1020. The van der Waals surface area contributed by atoms with E-state index in [-0.39, 0.29) is 6.04 Å². The summed E-state index contributed by atoms with van der Waals surface area (Å²) in [5, 5.41) is 0.472. The molecular weight excluding hydrogens is 400 g/mol. The summed E-state index contributed by atoms with van der Waals surface area (Å²) in [6.07, 6.45) is 11.2. The Morgan fingerprint density at radius 2 is 1.55 bits per heavy atom. The van der Waals surface area contributed by atoms with Crippen molar-refractivity contribution in [2.45, 2.75) is 10.9 Å². The number of pyridine rings is 3. The Balaban J connectivity index is 1.94. The lowest BCUT2D eigenvalue weighted by Crippen LogP contribution is -2.25. The molecule has 3 heterocycles. The molecule has 4 nitrogen and oxygen atoms in total. The van der Waals surface area contributed by atoms with Crippen LogP contribution in [-0.4, -0.2) is 21.2 Å². The van der Waals surface area contributed by atoms with Crippen LogP contribution in [0.5, 0.6) is 0 Å². The second-order valence-corrected chi connectivity index (χ2v) is 7.65. The minimum absolute atomic E-state index is 0.125. The normalized spacial score (nSPS) is 11.8. The van der Waals surface area contributed by atoms with E-state index in [1.54, 1.807) is 24.2 Å². The van der Waals surface area contributed by atoms with E-state index in [1.165, 1.54) is 4.90 Å². The zero-order valence-electron chi connectivity index (χ0n) is 15.8. The van der Waals surface area contributed by atoms with Crippen LogP contribution in [0.1, 0.15) is 17.2 Å². The smallest absolute Gasteiger partial charge is 0.129 e. The molecule has 0 aliphatic rings. The quantitative estimate of drug-likeness (QED) is 0.276. The summed E-state index contributed by atoms with van der Waals surface area (Å²) in [6, 6.07) is 20.2. The van der Waals surface area contributed by atoms with E-state index in [9.17, 15) is 0 Å². The van der Waals surface area contributed by atoms with Gasteiger partial charge in [-0.25, -0.2) is 4.98 Å². The fourth-order valence-electron chi connectivity index (χ4n) is 3.29. The zero-order valence-corrected chi connectivity index (χ0v) is 17.4. The van der Waals surface area contributed by atoms with Gasteiger partial charge in [0.2, 0.25) is 0 Å². The molecule has 6 heteroatoms. The maximum Gasteiger partial charge on any atom is 0.129 e. The number of benzene rings is 1. The number of anilines is 2. The number of hydrogen-bond donors (Lipinski definition) is 0. The minimum Gasteiger partial charge on any atom is -0.327 e. The summed E-state index contributed by atoms with van der Waals surface area (Å²) >= 11 is 7.80. The molecule has 0 aliphatic carbocycles. The second-order valence-electron chi connectivity index (χ2n) is 6.39. The third-order valence-electron chi connectivity index (χ3n) is 4.58. The lowest BCUT2D eigenvalue weighted by atomic mass is 9.97. The van der Waals surface area contributed by atoms with Crippen LogP contribution in [0.25, 0.3) is 0 Å². The highest BCUT2D eigenvalue weighted by Gasteiger charge is 2.25. The molecule has 1 unspecified atom stereocenters. The first-order valence-corrected chi connectivity index (χ1v) is 10.7. The highest BCUT2D eigenvalue weighted by atomic mass is 35.5. The molecule has 3 aromatic heterocycles. The Labute approximate surface area is 179 Å². The Morgan fingerprint density at radius 1 is 0.828 bits per heavy atom. The first-order valence-electron chi connectivity index (χ1n) is 9.11. The monoisotopic (exact) mass is 418 g/mol. The molecular formula is C23H19ClN4S. The Hall–Kier alpha value is -2.89. The molecule has 0 saturated heterocycles. The van der Waals surface area contributed by atoms with E-state index in [1.807, 2.05) is 42.9 Å². The van der Waals surface area contributed by atoms with Crippen LogP contribution < -0.4 is 4.90 Å². The predicted molar refractivity (Wildman–Crippen MR) is 120 cm³/mol. The van der Waals surface area contributed by atoms with Gasteiger partial charge in [0.05, 0.1) is 29.8 Å². The molecule has 0 saturated carbocycles. The topological polar surface area (TPSA) is 41.9 Å². The van der Waals surface area contributed by atoms with Gasteiger partial charge in [-0.15, -0.1) is 11.8 Å². The third kappa shape index (κ3) is 4.42. The van der Waals surface area contributed by atoms with Gasteiger partial charge >= 0.3 is 0 Å². The van der Waals surface area contributed by atoms with Crippen LogP contribution in [0.4, 0.5) is 11.4 Å². The molecule has 0 radical (unpaired) electrons. The van der Waals surface area contributed by atoms with Gasteiger partial charge in [-0.2, -0.15) is 0 Å². The molecule has 1 atom stereocenters. The standard InChI is InChI=1S/C23H19ClN4S/c1-29-21-8-2-5-17(13-21)23(18-9-10-22(24)27-14-18)28(19-6-3-11-25-15-19)20-7-4-12-26-16-20/h2-16,23H,1H3. The second kappa shape index (κ2) is 9.07. The van der Waals surface area contributed by atoms with Crippen LogP contribution >= 0.6 is 23.4 Å². The summed E-state index contributed by atoms with van der Waals surface area (Å²) in [5.41, 5.74) is 4.11. The van der Waals surface area contributed by atoms with E-state index in [4.69, 9.17) is 11.6 Å². The van der Waals surface area contributed by atoms with Crippen molar-refractivity contribution in [1.29, 1.82) is 0 Å². The van der Waals surface area contributed by atoms with Crippen molar-refractivity contribution in [3.8, 4) is 0 Å². The van der Waals surface area contributed by atoms with Gasteiger partial charge in [-0.1, -0.05) is 29.8 Å². The average molecular weight is 419 g/mol. The number of halogens is 1. The summed E-state index contributed by atoms with van der Waals surface area (Å²) < 4.78 is 0. The highest BCUT2D eigenvalue weighted by Crippen LogP contribution is 2.39. The van der Waals surface area contributed by atoms with Crippen LogP contribution in [0.2, 0.25) is 5.15 Å². The summed E-state index contributed by atoms with van der Waals surface area (Å²) in [5.74, 6) is 0. The molecule has 4 aromatic rings. The Morgan fingerprint density at radius 3 is 2.10 bits per heavy atom. The molecule has 4 rings (SSSR count). The van der Waals surface area contributed by atoms with Crippen molar-refractivity contribution in [2.75, 3.05) is 11.2 Å². The lowest BCUT2D eigenvalue weighted by molar-refractivity contribution is 0.807. The first kappa shape index (κ1) is 19.4. The van der Waals surface area contributed by atoms with Gasteiger partial charge in [0.25, 0.3) is 0 Å². The summed E-state index contributed by atoms with van der Waals surface area (Å²) in [6.45, 7) is 0. The molecule has 0 fully saturated rings. The molecule has 29 heavy (non-hydrogen) atoms. The van der Waals surface area contributed by atoms with Crippen molar-refractivity contribution in [1.82, 2.24) is 15.0 Å². The van der Waals surface area contributed by atoms with Gasteiger partial charge in [0.15, 0.2) is 0 Å². The fourth-order valence-corrected chi connectivity index (χ4v) is 3.87. The van der Waals surface area contributed by atoms with Gasteiger partial charge in [0.1, 0.15) is 5.15 Å². The number of aromatic nitrogens is 3. The third-order valence-corrected chi connectivity index (χ3v) is 5.53. The molecule has 0 spiro atoms. The molecule has 0 amide bonds. The number of thioether (sulfide) groups is 1. The van der Waals surface area contributed by atoms with Gasteiger partial charge in [-0.3, -0.25) is 9.97 Å². The van der Waals surface area contributed by atoms with Crippen molar-refractivity contribution in [2.24, 2.45) is 0 Å². The lowest BCUT2D eigenvalue weighted by Gasteiger charge is -2.34. The van der Waals surface area contributed by atoms with Crippen molar-refractivity contribution < 1.29 is 0 Å². The van der Waals surface area contributed by atoms with Crippen molar-refractivity contribution in [3.63, 3.8) is 0 Å². The zero-order chi connectivity index (χ0) is 20.1. The summed E-state index contributed by atoms with van der Waals surface area (Å²) in [7, 11) is 0. The SMILES string of the molecule is CSc1cccc(C(c2ccc(Cl)nc2)N(c2cccnc2)c2cccnc2)c1. The molecule has 144 valence electrons. The minimum atomic E-state index is -0.125.